The lowest BCUT2D eigenvalue weighted by Crippen LogP contribution is -2.36. The van der Waals surface area contributed by atoms with Crippen LogP contribution in [0.2, 0.25) is 5.02 Å². The zero-order valence-electron chi connectivity index (χ0n) is 9.98. The molecule has 1 aromatic rings. The molecule has 18 heavy (non-hydrogen) atoms. The second-order valence-electron chi connectivity index (χ2n) is 3.60. The smallest absolute Gasteiger partial charge is 0.261 e. The first-order chi connectivity index (χ1) is 8.58. The van der Waals surface area contributed by atoms with E-state index in [1.165, 1.54) is 6.07 Å². The predicted octanol–water partition coefficient (Wildman–Crippen LogP) is 2.22. The number of hydrogen-bond acceptors (Lipinski definition) is 3. The monoisotopic (exact) mass is 267 g/mol. The fraction of sp³-hybridized carbons (Fsp3) is 0.231. The van der Waals surface area contributed by atoms with Crippen molar-refractivity contribution >= 4 is 23.8 Å². The third kappa shape index (κ3) is 3.89. The molecule has 5 heteroatoms. The van der Waals surface area contributed by atoms with Crippen molar-refractivity contribution in [2.24, 2.45) is 0 Å². The van der Waals surface area contributed by atoms with Crippen LogP contribution in [-0.4, -0.2) is 24.8 Å². The molecule has 0 bridgehead atoms. The highest BCUT2D eigenvalue weighted by Crippen LogP contribution is 2.25. The van der Waals surface area contributed by atoms with Crippen LogP contribution in [0.5, 0.6) is 5.75 Å². The first kappa shape index (κ1) is 14.3. The van der Waals surface area contributed by atoms with Gasteiger partial charge in [-0.15, -0.1) is 6.58 Å². The third-order valence-electron chi connectivity index (χ3n) is 2.19. The molecule has 1 amide bonds. The van der Waals surface area contributed by atoms with Gasteiger partial charge in [0.25, 0.3) is 5.91 Å². The normalized spacial score (nSPS) is 11.4. The molecule has 0 aromatic heterocycles. The van der Waals surface area contributed by atoms with Crippen LogP contribution in [0.1, 0.15) is 17.3 Å². The molecule has 0 saturated carbocycles. The number of aldehydes is 1. The summed E-state index contributed by atoms with van der Waals surface area (Å²) in [7, 11) is 0. The Hall–Kier alpha value is -1.81. The van der Waals surface area contributed by atoms with Gasteiger partial charge in [0, 0.05) is 12.1 Å². The summed E-state index contributed by atoms with van der Waals surface area (Å²) in [5, 5.41) is 2.91. The molecule has 1 atom stereocenters. The lowest BCUT2D eigenvalue weighted by molar-refractivity contribution is -0.127. The van der Waals surface area contributed by atoms with Gasteiger partial charge < -0.3 is 10.1 Å². The van der Waals surface area contributed by atoms with E-state index in [0.717, 1.165) is 0 Å². The summed E-state index contributed by atoms with van der Waals surface area (Å²) in [6.07, 6.45) is 1.59. The van der Waals surface area contributed by atoms with Gasteiger partial charge >= 0.3 is 0 Å². The van der Waals surface area contributed by atoms with Gasteiger partial charge in [-0.2, -0.15) is 0 Å². The highest BCUT2D eigenvalue weighted by Gasteiger charge is 2.15. The van der Waals surface area contributed by atoms with Gasteiger partial charge in [-0.05, 0) is 25.1 Å². The highest BCUT2D eigenvalue weighted by atomic mass is 35.5. The summed E-state index contributed by atoms with van der Waals surface area (Å²) < 4.78 is 5.41. The molecule has 0 fully saturated rings. The average Bonchev–Trinajstić information content (AvgIpc) is 2.38. The predicted molar refractivity (Wildman–Crippen MR) is 70.1 cm³/mol. The third-order valence-corrected chi connectivity index (χ3v) is 2.48. The van der Waals surface area contributed by atoms with Crippen LogP contribution in [-0.2, 0) is 4.79 Å². The number of ether oxygens (including phenoxy) is 1. The van der Waals surface area contributed by atoms with Crippen molar-refractivity contribution in [2.45, 2.75) is 13.0 Å². The van der Waals surface area contributed by atoms with E-state index in [2.05, 4.69) is 11.9 Å². The standard InChI is InChI=1S/C13H14ClNO3/c1-3-6-15-13(17)9(2)18-12-5-4-10(8-16)7-11(12)14/h3-5,7-9H,1,6H2,2H3,(H,15,17). The first-order valence-electron chi connectivity index (χ1n) is 5.38. The molecule has 0 saturated heterocycles. The van der Waals surface area contributed by atoms with Crippen molar-refractivity contribution in [1.29, 1.82) is 0 Å². The van der Waals surface area contributed by atoms with Gasteiger partial charge in [0.15, 0.2) is 6.10 Å². The summed E-state index contributed by atoms with van der Waals surface area (Å²) in [6.45, 7) is 5.49. The molecule has 0 aliphatic rings. The van der Waals surface area contributed by atoms with Gasteiger partial charge in [0.2, 0.25) is 0 Å². The van der Waals surface area contributed by atoms with Crippen LogP contribution in [0.25, 0.3) is 0 Å². The number of hydrogen-bond donors (Lipinski definition) is 1. The molecule has 0 radical (unpaired) electrons. The fourth-order valence-corrected chi connectivity index (χ4v) is 1.48. The van der Waals surface area contributed by atoms with E-state index in [4.69, 9.17) is 16.3 Å². The van der Waals surface area contributed by atoms with Crippen molar-refractivity contribution in [3.63, 3.8) is 0 Å². The van der Waals surface area contributed by atoms with Gasteiger partial charge in [0.05, 0.1) is 5.02 Å². The number of rotatable bonds is 6. The van der Waals surface area contributed by atoms with Crippen molar-refractivity contribution in [1.82, 2.24) is 5.32 Å². The van der Waals surface area contributed by atoms with Crippen LogP contribution < -0.4 is 10.1 Å². The first-order valence-corrected chi connectivity index (χ1v) is 5.76. The number of halogens is 1. The van der Waals surface area contributed by atoms with Gasteiger partial charge in [-0.1, -0.05) is 17.7 Å². The molecular weight excluding hydrogens is 254 g/mol. The van der Waals surface area contributed by atoms with E-state index in [0.29, 0.717) is 29.2 Å². The second-order valence-corrected chi connectivity index (χ2v) is 4.01. The highest BCUT2D eigenvalue weighted by molar-refractivity contribution is 6.32. The Kier molecular flexibility index (Phi) is 5.39. The summed E-state index contributed by atoms with van der Waals surface area (Å²) in [5.74, 6) is 0.106. The maximum Gasteiger partial charge on any atom is 0.261 e. The molecule has 96 valence electrons. The minimum atomic E-state index is -0.676. The topological polar surface area (TPSA) is 55.4 Å². The molecule has 4 nitrogen and oxygen atoms in total. The number of nitrogens with one attached hydrogen (secondary N) is 1. The molecule has 0 aliphatic heterocycles. The van der Waals surface area contributed by atoms with Crippen LogP contribution in [0.4, 0.5) is 0 Å². The van der Waals surface area contributed by atoms with E-state index in [1.807, 2.05) is 0 Å². The van der Waals surface area contributed by atoms with Crippen LogP contribution >= 0.6 is 11.6 Å². The number of carbonyl (C=O) groups excluding carboxylic acids is 2. The maximum absolute atomic E-state index is 11.6. The van der Waals surface area contributed by atoms with Crippen molar-refractivity contribution in [2.75, 3.05) is 6.54 Å². The summed E-state index contributed by atoms with van der Waals surface area (Å²) >= 11 is 5.93. The van der Waals surface area contributed by atoms with E-state index >= 15 is 0 Å². The summed E-state index contributed by atoms with van der Waals surface area (Å²) in [5.41, 5.74) is 0.455. The quantitative estimate of drug-likeness (QED) is 0.635. The SMILES string of the molecule is C=CCNC(=O)C(C)Oc1ccc(C=O)cc1Cl. The molecular formula is C13H14ClNO3. The molecule has 0 heterocycles. The molecule has 1 aromatic carbocycles. The number of carbonyl (C=O) groups is 2. The van der Waals surface area contributed by atoms with Gasteiger partial charge in [0.1, 0.15) is 12.0 Å². The van der Waals surface area contributed by atoms with Crippen molar-refractivity contribution < 1.29 is 14.3 Å². The van der Waals surface area contributed by atoms with Crippen LogP contribution in [0, 0.1) is 0 Å². The zero-order chi connectivity index (χ0) is 13.5. The van der Waals surface area contributed by atoms with Gasteiger partial charge in [-0.25, -0.2) is 0 Å². The molecule has 1 unspecified atom stereocenters. The Morgan fingerprint density at radius 1 is 1.61 bits per heavy atom. The fourth-order valence-electron chi connectivity index (χ4n) is 1.25. The maximum atomic E-state index is 11.6. The second kappa shape index (κ2) is 6.81. The Labute approximate surface area is 111 Å². The molecule has 1 rings (SSSR count). The Balaban J connectivity index is 2.69. The van der Waals surface area contributed by atoms with E-state index < -0.39 is 6.10 Å². The van der Waals surface area contributed by atoms with Gasteiger partial charge in [-0.3, -0.25) is 9.59 Å². The van der Waals surface area contributed by atoms with Crippen LogP contribution in [0.3, 0.4) is 0 Å². The van der Waals surface area contributed by atoms with Crippen molar-refractivity contribution in [3.05, 3.63) is 41.4 Å². The molecule has 0 spiro atoms. The average molecular weight is 268 g/mol. The Morgan fingerprint density at radius 3 is 2.89 bits per heavy atom. The minimum absolute atomic E-state index is 0.259. The van der Waals surface area contributed by atoms with E-state index in [9.17, 15) is 9.59 Å². The number of benzene rings is 1. The van der Waals surface area contributed by atoms with Crippen molar-refractivity contribution in [3.8, 4) is 5.75 Å². The lowest BCUT2D eigenvalue weighted by Gasteiger charge is -2.15. The zero-order valence-corrected chi connectivity index (χ0v) is 10.7. The van der Waals surface area contributed by atoms with E-state index in [1.54, 1.807) is 25.1 Å². The Bertz CT molecular complexity index is 460. The largest absolute Gasteiger partial charge is 0.479 e. The summed E-state index contributed by atoms with van der Waals surface area (Å²) in [6, 6.07) is 4.62. The molecule has 1 N–H and O–H groups in total. The van der Waals surface area contributed by atoms with E-state index in [-0.39, 0.29) is 5.91 Å². The summed E-state index contributed by atoms with van der Waals surface area (Å²) in [4.78, 5) is 22.1. The Morgan fingerprint density at radius 2 is 2.33 bits per heavy atom. The minimum Gasteiger partial charge on any atom is -0.479 e. The lowest BCUT2D eigenvalue weighted by atomic mass is 10.2. The number of amides is 1. The van der Waals surface area contributed by atoms with Crippen LogP contribution in [0.15, 0.2) is 30.9 Å². The molecule has 0 aliphatic carbocycles.